The van der Waals surface area contributed by atoms with Crippen LogP contribution in [-0.2, 0) is 0 Å². The Balaban J connectivity index is 2.55. The minimum absolute atomic E-state index is 0.00198. The van der Waals surface area contributed by atoms with Crippen LogP contribution in [0.4, 0.5) is 16.2 Å². The number of carbonyl (C=O) groups is 1. The Morgan fingerprint density at radius 2 is 2.11 bits per heavy atom. The zero-order chi connectivity index (χ0) is 14.4. The van der Waals surface area contributed by atoms with E-state index in [0.29, 0.717) is 18.8 Å². The van der Waals surface area contributed by atoms with Crippen molar-refractivity contribution < 1.29 is 9.72 Å². The Bertz CT molecular complexity index is 479. The average Bonchev–Trinajstić information content (AvgIpc) is 2.33. The number of carbonyl (C=O) groups excluding carboxylic acids is 1. The van der Waals surface area contributed by atoms with Crippen LogP contribution in [0.2, 0.25) is 0 Å². The van der Waals surface area contributed by atoms with Crippen LogP contribution in [0.3, 0.4) is 0 Å². The van der Waals surface area contributed by atoms with Crippen molar-refractivity contribution in [3.8, 4) is 0 Å². The van der Waals surface area contributed by atoms with Gasteiger partial charge in [-0.15, -0.1) is 0 Å². The summed E-state index contributed by atoms with van der Waals surface area (Å²) < 4.78 is 0.748. The fourth-order valence-corrected chi connectivity index (χ4v) is 1.69. The van der Waals surface area contributed by atoms with Crippen molar-refractivity contribution in [3.05, 3.63) is 32.8 Å². The lowest BCUT2D eigenvalue weighted by molar-refractivity contribution is -0.384. The fourth-order valence-electron chi connectivity index (χ4n) is 1.33. The van der Waals surface area contributed by atoms with Crippen molar-refractivity contribution in [1.82, 2.24) is 10.2 Å². The standard InChI is InChI=1S/C11H15BrN4O3/c1-15(2)11(17)14-6-5-13-9-7-8(12)3-4-10(9)16(18)19/h3-4,7,13H,5-6H2,1-2H3,(H,14,17). The Morgan fingerprint density at radius 1 is 1.42 bits per heavy atom. The molecule has 104 valence electrons. The summed E-state index contributed by atoms with van der Waals surface area (Å²) in [6, 6.07) is 4.46. The van der Waals surface area contributed by atoms with Crippen LogP contribution in [0.5, 0.6) is 0 Å². The number of amides is 2. The van der Waals surface area contributed by atoms with Gasteiger partial charge in [0, 0.05) is 37.7 Å². The summed E-state index contributed by atoms with van der Waals surface area (Å²) in [6.45, 7) is 0.775. The summed E-state index contributed by atoms with van der Waals surface area (Å²) in [5.74, 6) is 0. The number of halogens is 1. The molecule has 0 fully saturated rings. The predicted octanol–water partition coefficient (Wildman–Crippen LogP) is 2.04. The van der Waals surface area contributed by atoms with Gasteiger partial charge in [0.15, 0.2) is 0 Å². The second-order valence-electron chi connectivity index (χ2n) is 3.97. The second-order valence-corrected chi connectivity index (χ2v) is 4.89. The number of hydrogen-bond acceptors (Lipinski definition) is 4. The minimum Gasteiger partial charge on any atom is -0.378 e. The van der Waals surface area contributed by atoms with Gasteiger partial charge in [0.25, 0.3) is 5.69 Å². The second kappa shape index (κ2) is 6.93. The van der Waals surface area contributed by atoms with E-state index in [-0.39, 0.29) is 11.7 Å². The van der Waals surface area contributed by atoms with Crippen LogP contribution in [0, 0.1) is 10.1 Å². The molecule has 1 aromatic carbocycles. The summed E-state index contributed by atoms with van der Waals surface area (Å²) in [5, 5.41) is 16.4. The molecule has 0 aliphatic carbocycles. The molecule has 0 heterocycles. The maximum absolute atomic E-state index is 11.3. The first-order chi connectivity index (χ1) is 8.91. The molecule has 0 aliphatic heterocycles. The third-order valence-corrected chi connectivity index (χ3v) is 2.77. The molecule has 2 N–H and O–H groups in total. The van der Waals surface area contributed by atoms with E-state index < -0.39 is 4.92 Å². The lowest BCUT2D eigenvalue weighted by Gasteiger charge is -2.12. The molecule has 0 radical (unpaired) electrons. The molecule has 7 nitrogen and oxygen atoms in total. The molecule has 19 heavy (non-hydrogen) atoms. The van der Waals surface area contributed by atoms with Gasteiger partial charge in [0.1, 0.15) is 5.69 Å². The van der Waals surface area contributed by atoms with Crippen LogP contribution >= 0.6 is 15.9 Å². The van der Waals surface area contributed by atoms with Crippen LogP contribution in [0.1, 0.15) is 0 Å². The van der Waals surface area contributed by atoms with Crippen molar-refractivity contribution in [2.75, 3.05) is 32.5 Å². The average molecular weight is 331 g/mol. The van der Waals surface area contributed by atoms with Crippen LogP contribution < -0.4 is 10.6 Å². The highest BCUT2D eigenvalue weighted by Gasteiger charge is 2.13. The molecular weight excluding hydrogens is 316 g/mol. The first-order valence-corrected chi connectivity index (χ1v) is 6.34. The van der Waals surface area contributed by atoms with Crippen LogP contribution in [0.15, 0.2) is 22.7 Å². The van der Waals surface area contributed by atoms with Crippen molar-refractivity contribution in [2.24, 2.45) is 0 Å². The molecule has 0 bridgehead atoms. The zero-order valence-corrected chi connectivity index (χ0v) is 12.2. The summed E-state index contributed by atoms with van der Waals surface area (Å²) in [4.78, 5) is 23.1. The van der Waals surface area contributed by atoms with Crippen molar-refractivity contribution in [2.45, 2.75) is 0 Å². The number of hydrogen-bond donors (Lipinski definition) is 2. The van der Waals surface area contributed by atoms with Gasteiger partial charge >= 0.3 is 6.03 Å². The Kier molecular flexibility index (Phi) is 5.56. The van der Waals surface area contributed by atoms with Crippen LogP contribution in [-0.4, -0.2) is 43.0 Å². The smallest absolute Gasteiger partial charge is 0.316 e. The van der Waals surface area contributed by atoms with Gasteiger partial charge in [0.2, 0.25) is 0 Å². The van der Waals surface area contributed by atoms with E-state index in [1.165, 1.54) is 11.0 Å². The largest absolute Gasteiger partial charge is 0.378 e. The van der Waals surface area contributed by atoms with E-state index in [0.717, 1.165) is 4.47 Å². The van der Waals surface area contributed by atoms with Gasteiger partial charge in [-0.3, -0.25) is 10.1 Å². The molecule has 0 saturated carbocycles. The number of rotatable bonds is 5. The number of nitro benzene ring substituents is 1. The molecule has 0 unspecified atom stereocenters. The number of nitrogens with zero attached hydrogens (tertiary/aromatic N) is 2. The molecule has 8 heteroatoms. The SMILES string of the molecule is CN(C)C(=O)NCCNc1cc(Br)ccc1[N+](=O)[O-]. The van der Waals surface area contributed by atoms with Crippen molar-refractivity contribution in [1.29, 1.82) is 0 Å². The fraction of sp³-hybridized carbons (Fsp3) is 0.364. The van der Waals surface area contributed by atoms with Gasteiger partial charge in [-0.05, 0) is 12.1 Å². The number of nitrogens with one attached hydrogen (secondary N) is 2. The van der Waals surface area contributed by atoms with Gasteiger partial charge in [-0.2, -0.15) is 0 Å². The van der Waals surface area contributed by atoms with Gasteiger partial charge in [-0.1, -0.05) is 15.9 Å². The van der Waals surface area contributed by atoms with E-state index in [2.05, 4.69) is 26.6 Å². The van der Waals surface area contributed by atoms with Gasteiger partial charge < -0.3 is 15.5 Å². The van der Waals surface area contributed by atoms with Crippen LogP contribution in [0.25, 0.3) is 0 Å². The van der Waals surface area contributed by atoms with Gasteiger partial charge in [0.05, 0.1) is 4.92 Å². The highest BCUT2D eigenvalue weighted by molar-refractivity contribution is 9.10. The van der Waals surface area contributed by atoms with Crippen molar-refractivity contribution >= 4 is 33.3 Å². The predicted molar refractivity (Wildman–Crippen MR) is 76.4 cm³/mol. The highest BCUT2D eigenvalue weighted by Crippen LogP contribution is 2.27. The molecule has 0 saturated heterocycles. The first kappa shape index (κ1) is 15.2. The first-order valence-electron chi connectivity index (χ1n) is 5.55. The molecule has 0 spiro atoms. The Hall–Kier alpha value is -1.83. The minimum atomic E-state index is -0.451. The Morgan fingerprint density at radius 3 is 2.68 bits per heavy atom. The third kappa shape index (κ3) is 4.74. The Labute approximate surface area is 119 Å². The summed E-state index contributed by atoms with van der Waals surface area (Å²) in [7, 11) is 3.28. The lowest BCUT2D eigenvalue weighted by atomic mass is 10.2. The summed E-state index contributed by atoms with van der Waals surface area (Å²) in [6.07, 6.45) is 0. The summed E-state index contributed by atoms with van der Waals surface area (Å²) in [5.41, 5.74) is 0.417. The lowest BCUT2D eigenvalue weighted by Crippen LogP contribution is -2.37. The van der Waals surface area contributed by atoms with Crippen molar-refractivity contribution in [3.63, 3.8) is 0 Å². The molecule has 0 aliphatic rings. The van der Waals surface area contributed by atoms with E-state index in [1.807, 2.05) is 0 Å². The maximum Gasteiger partial charge on any atom is 0.316 e. The zero-order valence-electron chi connectivity index (χ0n) is 10.6. The number of anilines is 1. The van der Waals surface area contributed by atoms with E-state index >= 15 is 0 Å². The molecule has 0 atom stereocenters. The number of nitro groups is 1. The third-order valence-electron chi connectivity index (χ3n) is 2.28. The molecule has 1 aromatic rings. The topological polar surface area (TPSA) is 87.5 Å². The summed E-state index contributed by atoms with van der Waals surface area (Å²) >= 11 is 3.26. The number of benzene rings is 1. The molecular formula is C11H15BrN4O3. The van der Waals surface area contributed by atoms with E-state index in [4.69, 9.17) is 0 Å². The quantitative estimate of drug-likeness (QED) is 0.491. The highest BCUT2D eigenvalue weighted by atomic mass is 79.9. The molecule has 1 rings (SSSR count). The van der Waals surface area contributed by atoms with E-state index in [9.17, 15) is 14.9 Å². The van der Waals surface area contributed by atoms with Gasteiger partial charge in [-0.25, -0.2) is 4.79 Å². The number of urea groups is 1. The molecule has 2 amide bonds. The normalized spacial score (nSPS) is 9.84. The monoisotopic (exact) mass is 330 g/mol. The van der Waals surface area contributed by atoms with E-state index in [1.54, 1.807) is 26.2 Å². The maximum atomic E-state index is 11.3. The molecule has 0 aromatic heterocycles.